The first-order valence-corrected chi connectivity index (χ1v) is 9.27. The zero-order chi connectivity index (χ0) is 15.5. The Morgan fingerprint density at radius 2 is 2.00 bits per heavy atom. The molecule has 0 saturated heterocycles. The van der Waals surface area contributed by atoms with E-state index in [0.717, 1.165) is 5.56 Å². The summed E-state index contributed by atoms with van der Waals surface area (Å²) in [6.45, 7) is 5.26. The van der Waals surface area contributed by atoms with Gasteiger partial charge in [-0.2, -0.15) is 0 Å². The van der Waals surface area contributed by atoms with E-state index in [1.54, 1.807) is 12.1 Å². The van der Waals surface area contributed by atoms with Crippen LogP contribution in [0.3, 0.4) is 0 Å². The van der Waals surface area contributed by atoms with Crippen molar-refractivity contribution in [2.45, 2.75) is 57.0 Å². The standard InChI is InChI=1S/C16H26N2O2S/c1-12(2)15-8-3-4-9-16(15)18-11-13-6-5-7-14(10-13)21(17,19)20/h5-7,10,12,15-16,18H,3-4,8-9,11H2,1-2H3,(H2,17,19,20). The number of rotatable bonds is 5. The van der Waals surface area contributed by atoms with Gasteiger partial charge in [0.05, 0.1) is 4.90 Å². The van der Waals surface area contributed by atoms with Crippen LogP contribution < -0.4 is 10.5 Å². The minimum absolute atomic E-state index is 0.186. The third-order valence-corrected chi connectivity index (χ3v) is 5.38. The van der Waals surface area contributed by atoms with E-state index in [1.165, 1.54) is 31.7 Å². The predicted molar refractivity (Wildman–Crippen MR) is 85.2 cm³/mol. The lowest BCUT2D eigenvalue weighted by Gasteiger charge is -2.35. The third kappa shape index (κ3) is 4.53. The molecule has 4 nitrogen and oxygen atoms in total. The Balaban J connectivity index is 2.02. The molecule has 1 aliphatic rings. The van der Waals surface area contributed by atoms with Crippen molar-refractivity contribution in [1.29, 1.82) is 0 Å². The van der Waals surface area contributed by atoms with E-state index < -0.39 is 10.0 Å². The van der Waals surface area contributed by atoms with Crippen LogP contribution in [-0.4, -0.2) is 14.5 Å². The monoisotopic (exact) mass is 310 g/mol. The van der Waals surface area contributed by atoms with Crippen LogP contribution in [0.15, 0.2) is 29.2 Å². The number of primary sulfonamides is 1. The van der Waals surface area contributed by atoms with Crippen molar-refractivity contribution < 1.29 is 8.42 Å². The van der Waals surface area contributed by atoms with E-state index >= 15 is 0 Å². The Kier molecular flexibility index (Phi) is 5.41. The van der Waals surface area contributed by atoms with Gasteiger partial charge >= 0.3 is 0 Å². The van der Waals surface area contributed by atoms with Crippen LogP contribution in [0, 0.1) is 11.8 Å². The highest BCUT2D eigenvalue weighted by atomic mass is 32.2. The molecule has 118 valence electrons. The molecule has 0 aromatic heterocycles. The van der Waals surface area contributed by atoms with Gasteiger partial charge in [0.25, 0.3) is 0 Å². The van der Waals surface area contributed by atoms with Gasteiger partial charge in [-0.3, -0.25) is 0 Å². The van der Waals surface area contributed by atoms with Crippen molar-refractivity contribution in [2.24, 2.45) is 17.0 Å². The number of hydrogen-bond acceptors (Lipinski definition) is 3. The number of sulfonamides is 1. The molecule has 1 fully saturated rings. The van der Waals surface area contributed by atoms with E-state index in [1.807, 2.05) is 6.07 Å². The van der Waals surface area contributed by atoms with Gasteiger partial charge in [0.15, 0.2) is 0 Å². The van der Waals surface area contributed by atoms with Gasteiger partial charge < -0.3 is 5.32 Å². The topological polar surface area (TPSA) is 72.2 Å². The zero-order valence-electron chi connectivity index (χ0n) is 12.9. The van der Waals surface area contributed by atoms with Crippen molar-refractivity contribution in [3.05, 3.63) is 29.8 Å². The van der Waals surface area contributed by atoms with Crippen LogP contribution in [0.5, 0.6) is 0 Å². The maximum Gasteiger partial charge on any atom is 0.238 e. The quantitative estimate of drug-likeness (QED) is 0.878. The summed E-state index contributed by atoms with van der Waals surface area (Å²) < 4.78 is 22.8. The highest BCUT2D eigenvalue weighted by Gasteiger charge is 2.26. The van der Waals surface area contributed by atoms with Crippen LogP contribution in [0.25, 0.3) is 0 Å². The Hall–Kier alpha value is -0.910. The van der Waals surface area contributed by atoms with Gasteiger partial charge in [0.1, 0.15) is 0 Å². The molecule has 2 rings (SSSR count). The molecule has 1 aliphatic carbocycles. The van der Waals surface area contributed by atoms with E-state index in [0.29, 0.717) is 24.4 Å². The van der Waals surface area contributed by atoms with Crippen molar-refractivity contribution in [1.82, 2.24) is 5.32 Å². The van der Waals surface area contributed by atoms with E-state index in [4.69, 9.17) is 5.14 Å². The maximum atomic E-state index is 11.4. The lowest BCUT2D eigenvalue weighted by Crippen LogP contribution is -2.40. The van der Waals surface area contributed by atoms with Gasteiger partial charge in [0, 0.05) is 12.6 Å². The smallest absolute Gasteiger partial charge is 0.238 e. The molecule has 1 aromatic rings. The summed E-state index contributed by atoms with van der Waals surface area (Å²) in [4.78, 5) is 0.186. The molecular weight excluding hydrogens is 284 g/mol. The average molecular weight is 310 g/mol. The van der Waals surface area contributed by atoms with Gasteiger partial charge in [0.2, 0.25) is 10.0 Å². The minimum atomic E-state index is -3.62. The molecular formula is C16H26N2O2S. The molecule has 0 heterocycles. The molecule has 5 heteroatoms. The normalized spacial score (nSPS) is 23.4. The number of hydrogen-bond donors (Lipinski definition) is 2. The summed E-state index contributed by atoms with van der Waals surface area (Å²) in [5.41, 5.74) is 0.967. The molecule has 2 unspecified atom stereocenters. The molecule has 1 saturated carbocycles. The fourth-order valence-electron chi connectivity index (χ4n) is 3.29. The minimum Gasteiger partial charge on any atom is -0.310 e. The van der Waals surface area contributed by atoms with Gasteiger partial charge in [-0.25, -0.2) is 13.6 Å². The lowest BCUT2D eigenvalue weighted by molar-refractivity contribution is 0.204. The Bertz CT molecular complexity index is 569. The summed E-state index contributed by atoms with van der Waals surface area (Å²) in [6.07, 6.45) is 5.09. The van der Waals surface area contributed by atoms with Crippen LogP contribution in [0.2, 0.25) is 0 Å². The fourth-order valence-corrected chi connectivity index (χ4v) is 3.88. The van der Waals surface area contributed by atoms with Gasteiger partial charge in [-0.05, 0) is 42.4 Å². The summed E-state index contributed by atoms with van der Waals surface area (Å²) in [5.74, 6) is 1.39. The second-order valence-electron chi connectivity index (χ2n) is 6.37. The largest absolute Gasteiger partial charge is 0.310 e. The van der Waals surface area contributed by atoms with E-state index in [2.05, 4.69) is 19.2 Å². The zero-order valence-corrected chi connectivity index (χ0v) is 13.7. The van der Waals surface area contributed by atoms with E-state index in [9.17, 15) is 8.42 Å². The Morgan fingerprint density at radius 3 is 2.67 bits per heavy atom. The van der Waals surface area contributed by atoms with Crippen molar-refractivity contribution >= 4 is 10.0 Å². The number of nitrogens with two attached hydrogens (primary N) is 1. The molecule has 0 aliphatic heterocycles. The molecule has 0 radical (unpaired) electrons. The Labute approximate surface area is 128 Å². The first-order chi connectivity index (χ1) is 9.88. The molecule has 2 atom stereocenters. The van der Waals surface area contributed by atoms with Crippen LogP contribution in [0.1, 0.15) is 45.1 Å². The second-order valence-corrected chi connectivity index (χ2v) is 7.93. The SMILES string of the molecule is CC(C)C1CCCCC1NCc1cccc(S(N)(=O)=O)c1. The summed E-state index contributed by atoms with van der Waals surface area (Å²) >= 11 is 0. The molecule has 21 heavy (non-hydrogen) atoms. The van der Waals surface area contributed by atoms with Crippen molar-refractivity contribution in [3.8, 4) is 0 Å². The second kappa shape index (κ2) is 6.90. The van der Waals surface area contributed by atoms with Crippen molar-refractivity contribution in [3.63, 3.8) is 0 Å². The molecule has 0 bridgehead atoms. The van der Waals surface area contributed by atoms with Crippen molar-refractivity contribution in [2.75, 3.05) is 0 Å². The molecule has 0 amide bonds. The number of nitrogens with one attached hydrogen (secondary N) is 1. The first-order valence-electron chi connectivity index (χ1n) is 7.73. The Morgan fingerprint density at radius 1 is 1.29 bits per heavy atom. The third-order valence-electron chi connectivity index (χ3n) is 4.47. The highest BCUT2D eigenvalue weighted by Crippen LogP contribution is 2.30. The summed E-state index contributed by atoms with van der Waals surface area (Å²) in [7, 11) is -3.62. The van der Waals surface area contributed by atoms with Gasteiger partial charge in [-0.1, -0.05) is 38.8 Å². The molecule has 3 N–H and O–H groups in total. The fraction of sp³-hybridized carbons (Fsp3) is 0.625. The lowest BCUT2D eigenvalue weighted by atomic mass is 9.78. The van der Waals surface area contributed by atoms with E-state index in [-0.39, 0.29) is 4.90 Å². The maximum absolute atomic E-state index is 11.4. The highest BCUT2D eigenvalue weighted by molar-refractivity contribution is 7.89. The predicted octanol–water partition coefficient (Wildman–Crippen LogP) is 2.64. The number of benzene rings is 1. The molecule has 1 aromatic carbocycles. The summed E-state index contributed by atoms with van der Waals surface area (Å²) in [5, 5.41) is 8.79. The summed E-state index contributed by atoms with van der Waals surface area (Å²) in [6, 6.07) is 7.41. The first kappa shape index (κ1) is 16.5. The van der Waals surface area contributed by atoms with Crippen LogP contribution >= 0.6 is 0 Å². The van der Waals surface area contributed by atoms with Crippen LogP contribution in [-0.2, 0) is 16.6 Å². The average Bonchev–Trinajstić information content (AvgIpc) is 2.45. The van der Waals surface area contributed by atoms with Crippen LogP contribution in [0.4, 0.5) is 0 Å². The molecule has 0 spiro atoms. The van der Waals surface area contributed by atoms with Gasteiger partial charge in [-0.15, -0.1) is 0 Å².